The molecule has 1 aliphatic rings. The normalized spacial score (nSPS) is 15.3. The number of carbonyl (C=O) groups is 1. The van der Waals surface area contributed by atoms with Gasteiger partial charge in [0.05, 0.1) is 15.7 Å². The van der Waals surface area contributed by atoms with Crippen molar-refractivity contribution in [3.8, 4) is 11.5 Å². The van der Waals surface area contributed by atoms with Gasteiger partial charge in [0.15, 0.2) is 5.78 Å². The molecule has 0 amide bonds. The smallest absolute Gasteiger partial charge is 0.277 e. The molecule has 1 fully saturated rings. The third-order valence-corrected chi connectivity index (χ3v) is 8.55. The Morgan fingerprint density at radius 1 is 1.00 bits per heavy atom. The van der Waals surface area contributed by atoms with Crippen molar-refractivity contribution in [2.24, 2.45) is 0 Å². The van der Waals surface area contributed by atoms with Crippen LogP contribution in [0.1, 0.15) is 36.0 Å². The summed E-state index contributed by atoms with van der Waals surface area (Å²) in [6.45, 7) is 1.10. The molecule has 0 bridgehead atoms. The minimum absolute atomic E-state index is 0.0655. The first-order chi connectivity index (χ1) is 15.8. The van der Waals surface area contributed by atoms with Crippen LogP contribution in [-0.4, -0.2) is 47.5 Å². The molecule has 2 aromatic carbocycles. The van der Waals surface area contributed by atoms with Crippen LogP contribution in [0.2, 0.25) is 10.0 Å². The summed E-state index contributed by atoms with van der Waals surface area (Å²) in [5.41, 5.74) is 0.964. The van der Waals surface area contributed by atoms with Crippen LogP contribution in [-0.2, 0) is 10.0 Å². The summed E-state index contributed by atoms with van der Waals surface area (Å²) < 4.78 is 33.0. The predicted molar refractivity (Wildman–Crippen MR) is 128 cm³/mol. The summed E-state index contributed by atoms with van der Waals surface area (Å²) >= 11 is 13.0. The lowest BCUT2D eigenvalue weighted by atomic mass is 10.1. The van der Waals surface area contributed by atoms with E-state index in [1.165, 1.54) is 6.07 Å². The first-order valence-electron chi connectivity index (χ1n) is 10.4. The zero-order chi connectivity index (χ0) is 23.4. The number of hydrogen-bond acceptors (Lipinski definition) is 7. The van der Waals surface area contributed by atoms with Gasteiger partial charge in [0.2, 0.25) is 15.9 Å². The number of ketones is 1. The molecule has 7 nitrogen and oxygen atoms in total. The fourth-order valence-electron chi connectivity index (χ4n) is 3.51. The Bertz CT molecular complexity index is 1240. The molecular formula is C22H21Cl2N3O4S2. The highest BCUT2D eigenvalue weighted by Gasteiger charge is 2.25. The van der Waals surface area contributed by atoms with Gasteiger partial charge in [-0.15, -0.1) is 10.2 Å². The van der Waals surface area contributed by atoms with E-state index in [1.54, 1.807) is 40.7 Å². The van der Waals surface area contributed by atoms with Crippen LogP contribution in [0.5, 0.6) is 0 Å². The minimum atomic E-state index is -3.52. The molecule has 4 rings (SSSR count). The lowest BCUT2D eigenvalue weighted by molar-refractivity contribution is 0.102. The summed E-state index contributed by atoms with van der Waals surface area (Å²) in [5.74, 6) is 0.119. The maximum absolute atomic E-state index is 12.9. The van der Waals surface area contributed by atoms with E-state index in [-0.39, 0.29) is 32.6 Å². The fraction of sp³-hybridized carbons (Fsp3) is 0.318. The van der Waals surface area contributed by atoms with Crippen molar-refractivity contribution in [1.82, 2.24) is 14.5 Å². The third kappa shape index (κ3) is 5.78. The monoisotopic (exact) mass is 525 g/mol. The van der Waals surface area contributed by atoms with E-state index in [0.717, 1.165) is 37.4 Å². The standard InChI is InChI=1S/C22H21Cl2N3O4S2/c23-16-7-10-18(19(24)13-16)20(28)14-32-22-26-25-21(31-22)15-5-8-17(9-6-15)33(29,30)27-11-3-1-2-4-12-27/h5-10,13H,1-4,11-12,14H2. The zero-order valence-corrected chi connectivity index (χ0v) is 20.7. The van der Waals surface area contributed by atoms with Gasteiger partial charge in [-0.1, -0.05) is 47.8 Å². The molecule has 174 valence electrons. The summed E-state index contributed by atoms with van der Waals surface area (Å²) in [7, 11) is -3.52. The molecule has 1 aliphatic heterocycles. The van der Waals surface area contributed by atoms with Gasteiger partial charge in [-0.3, -0.25) is 4.79 Å². The molecule has 0 saturated carbocycles. The van der Waals surface area contributed by atoms with E-state index in [2.05, 4.69) is 10.2 Å². The topological polar surface area (TPSA) is 93.4 Å². The number of Topliss-reactive ketones (excluding diaryl/α,β-unsaturated/α-hetero) is 1. The highest BCUT2D eigenvalue weighted by molar-refractivity contribution is 7.99. The second-order valence-electron chi connectivity index (χ2n) is 7.55. The van der Waals surface area contributed by atoms with E-state index in [4.69, 9.17) is 27.6 Å². The van der Waals surface area contributed by atoms with E-state index >= 15 is 0 Å². The number of sulfonamides is 1. The molecule has 0 N–H and O–H groups in total. The predicted octanol–water partition coefficient (Wildman–Crippen LogP) is 5.58. The summed E-state index contributed by atoms with van der Waals surface area (Å²) in [6, 6.07) is 11.1. The highest BCUT2D eigenvalue weighted by atomic mass is 35.5. The number of carbonyl (C=O) groups excluding carboxylic acids is 1. The van der Waals surface area contributed by atoms with Crippen LogP contribution in [0.15, 0.2) is 57.0 Å². The molecule has 0 atom stereocenters. The molecule has 0 aliphatic carbocycles. The number of nitrogens with zero attached hydrogens (tertiary/aromatic N) is 3. The van der Waals surface area contributed by atoms with Crippen LogP contribution in [0.25, 0.3) is 11.5 Å². The van der Waals surface area contributed by atoms with E-state index in [0.29, 0.717) is 29.2 Å². The Kier molecular flexibility index (Phi) is 7.76. The SMILES string of the molecule is O=C(CSc1nnc(-c2ccc(S(=O)(=O)N3CCCCCC3)cc2)o1)c1ccc(Cl)cc1Cl. The van der Waals surface area contributed by atoms with E-state index in [9.17, 15) is 13.2 Å². The van der Waals surface area contributed by atoms with Crippen molar-refractivity contribution in [3.05, 3.63) is 58.1 Å². The zero-order valence-electron chi connectivity index (χ0n) is 17.5. The van der Waals surface area contributed by atoms with E-state index < -0.39 is 10.0 Å². The summed E-state index contributed by atoms with van der Waals surface area (Å²) in [6.07, 6.45) is 3.88. The Labute approximate surface area is 206 Å². The number of aromatic nitrogens is 2. The first-order valence-corrected chi connectivity index (χ1v) is 13.6. The summed E-state index contributed by atoms with van der Waals surface area (Å²) in [4.78, 5) is 12.7. The number of hydrogen-bond donors (Lipinski definition) is 0. The molecule has 0 unspecified atom stereocenters. The Morgan fingerprint density at radius 2 is 1.70 bits per heavy atom. The van der Waals surface area contributed by atoms with Crippen LogP contribution in [0, 0.1) is 0 Å². The maximum atomic E-state index is 12.9. The Balaban J connectivity index is 1.41. The fourth-order valence-corrected chi connectivity index (χ4v) is 6.18. The second kappa shape index (κ2) is 10.6. The van der Waals surface area contributed by atoms with Gasteiger partial charge in [-0.25, -0.2) is 8.42 Å². The van der Waals surface area contributed by atoms with E-state index in [1.807, 2.05) is 0 Å². The number of halogens is 2. The third-order valence-electron chi connectivity index (χ3n) is 5.27. The number of benzene rings is 2. The van der Waals surface area contributed by atoms with Gasteiger partial charge in [0, 0.05) is 29.2 Å². The maximum Gasteiger partial charge on any atom is 0.277 e. The van der Waals surface area contributed by atoms with Crippen LogP contribution in [0.3, 0.4) is 0 Å². The van der Waals surface area contributed by atoms with Crippen molar-refractivity contribution in [2.45, 2.75) is 35.8 Å². The molecule has 1 aromatic heterocycles. The molecule has 33 heavy (non-hydrogen) atoms. The molecule has 0 spiro atoms. The summed E-state index contributed by atoms with van der Waals surface area (Å²) in [5, 5.41) is 8.94. The second-order valence-corrected chi connectivity index (χ2v) is 11.3. The van der Waals surface area contributed by atoms with Crippen LogP contribution in [0.4, 0.5) is 0 Å². The number of rotatable bonds is 7. The van der Waals surface area contributed by atoms with Gasteiger partial charge < -0.3 is 4.42 Å². The molecule has 3 aromatic rings. The lowest BCUT2D eigenvalue weighted by Gasteiger charge is -2.19. The average Bonchev–Trinajstić information content (AvgIpc) is 3.09. The van der Waals surface area contributed by atoms with Crippen molar-refractivity contribution in [3.63, 3.8) is 0 Å². The van der Waals surface area contributed by atoms with Gasteiger partial charge in [-0.05, 0) is 55.3 Å². The highest BCUT2D eigenvalue weighted by Crippen LogP contribution is 2.28. The Hall–Kier alpha value is -1.91. The molecule has 1 saturated heterocycles. The lowest BCUT2D eigenvalue weighted by Crippen LogP contribution is -2.31. The average molecular weight is 526 g/mol. The van der Waals surface area contributed by atoms with Crippen LogP contribution >= 0.6 is 35.0 Å². The van der Waals surface area contributed by atoms with Crippen molar-refractivity contribution in [1.29, 1.82) is 0 Å². The molecule has 0 radical (unpaired) electrons. The Morgan fingerprint density at radius 3 is 2.36 bits per heavy atom. The van der Waals surface area contributed by atoms with Crippen molar-refractivity contribution < 1.29 is 17.6 Å². The van der Waals surface area contributed by atoms with Crippen molar-refractivity contribution >= 4 is 50.8 Å². The van der Waals surface area contributed by atoms with Gasteiger partial charge >= 0.3 is 0 Å². The first kappa shape index (κ1) is 24.2. The van der Waals surface area contributed by atoms with Gasteiger partial charge in [-0.2, -0.15) is 4.31 Å². The molecule has 2 heterocycles. The van der Waals surface area contributed by atoms with Gasteiger partial charge in [0.25, 0.3) is 5.22 Å². The molecule has 11 heteroatoms. The largest absolute Gasteiger partial charge is 0.411 e. The molecular weight excluding hydrogens is 505 g/mol. The van der Waals surface area contributed by atoms with Crippen molar-refractivity contribution in [2.75, 3.05) is 18.8 Å². The van der Waals surface area contributed by atoms with Gasteiger partial charge in [0.1, 0.15) is 0 Å². The minimum Gasteiger partial charge on any atom is -0.411 e. The quantitative estimate of drug-likeness (QED) is 0.293. The van der Waals surface area contributed by atoms with Crippen LogP contribution < -0.4 is 0 Å². The number of thioether (sulfide) groups is 1.